The number of rotatable bonds is 19. The third-order valence-electron chi connectivity index (χ3n) is 3.95. The number of amides is 4. The van der Waals surface area contributed by atoms with Crippen molar-refractivity contribution in [1.29, 1.82) is 0 Å². The highest BCUT2D eigenvalue weighted by Crippen LogP contribution is 2.07. The quantitative estimate of drug-likeness (QED) is 0.176. The van der Waals surface area contributed by atoms with E-state index in [0.29, 0.717) is 49.5 Å². The Morgan fingerprint density at radius 3 is 2.03 bits per heavy atom. The van der Waals surface area contributed by atoms with Crippen LogP contribution in [0.2, 0.25) is 0 Å². The molecule has 0 bridgehead atoms. The minimum absolute atomic E-state index is 0.0270. The van der Waals surface area contributed by atoms with Crippen LogP contribution in [-0.4, -0.2) is 109 Å². The Hall–Kier alpha value is -1.50. The lowest BCUT2D eigenvalue weighted by Crippen LogP contribution is -2.43. The molecule has 0 aromatic heterocycles. The molecule has 32 heavy (non-hydrogen) atoms. The Balaban J connectivity index is 4.46. The van der Waals surface area contributed by atoms with E-state index in [1.54, 1.807) is 16.7 Å². The third-order valence-corrected chi connectivity index (χ3v) is 5.60. The molecule has 0 aliphatic heterocycles. The van der Waals surface area contributed by atoms with E-state index in [-0.39, 0.29) is 56.3 Å². The van der Waals surface area contributed by atoms with Crippen LogP contribution in [0.1, 0.15) is 26.7 Å². The highest BCUT2D eigenvalue weighted by atomic mass is 32.2. The average Bonchev–Trinajstić information content (AvgIpc) is 2.75. The topological polar surface area (TPSA) is 137 Å². The Bertz CT molecular complexity index is 566. The van der Waals surface area contributed by atoms with E-state index in [1.807, 2.05) is 20.1 Å². The smallest absolute Gasteiger partial charge is 0.230 e. The maximum atomic E-state index is 12.6. The first-order valence-corrected chi connectivity index (χ1v) is 13.1. The maximum absolute atomic E-state index is 12.6. The predicted octanol–water partition coefficient (Wildman–Crippen LogP) is -0.543. The van der Waals surface area contributed by atoms with Gasteiger partial charge in [0.2, 0.25) is 23.6 Å². The molecule has 0 saturated heterocycles. The number of carbonyl (C=O) groups excluding carboxylic acids is 4. The number of hydrogen-bond donors (Lipinski definition) is 4. The van der Waals surface area contributed by atoms with Gasteiger partial charge in [-0.3, -0.25) is 19.2 Å². The summed E-state index contributed by atoms with van der Waals surface area (Å²) in [5, 5.41) is 17.2. The molecular weight excluding hydrogens is 456 g/mol. The van der Waals surface area contributed by atoms with Crippen LogP contribution in [0, 0.1) is 0 Å². The summed E-state index contributed by atoms with van der Waals surface area (Å²) in [6.07, 6.45) is 1.89. The monoisotopic (exact) mass is 494 g/mol. The van der Waals surface area contributed by atoms with Crippen LogP contribution in [0.4, 0.5) is 0 Å². The molecule has 10 nitrogen and oxygen atoms in total. The first-order chi connectivity index (χ1) is 15.3. The second kappa shape index (κ2) is 20.1. The zero-order chi connectivity index (χ0) is 24.2. The second-order valence-corrected chi connectivity index (χ2v) is 9.49. The highest BCUT2D eigenvalue weighted by molar-refractivity contribution is 8.00. The number of carbonyl (C=O) groups is 4. The molecule has 0 saturated carbocycles. The van der Waals surface area contributed by atoms with Crippen molar-refractivity contribution in [2.45, 2.75) is 31.9 Å². The van der Waals surface area contributed by atoms with E-state index >= 15 is 0 Å². The zero-order valence-electron chi connectivity index (χ0n) is 19.3. The van der Waals surface area contributed by atoms with Crippen molar-refractivity contribution >= 4 is 47.2 Å². The van der Waals surface area contributed by atoms with E-state index in [4.69, 9.17) is 9.84 Å². The lowest BCUT2D eigenvalue weighted by Gasteiger charge is -2.23. The first kappa shape index (κ1) is 30.5. The van der Waals surface area contributed by atoms with Crippen molar-refractivity contribution < 1.29 is 29.0 Å². The van der Waals surface area contributed by atoms with Crippen molar-refractivity contribution in [2.75, 3.05) is 70.3 Å². The van der Waals surface area contributed by atoms with Crippen LogP contribution in [0.5, 0.6) is 0 Å². The number of aliphatic hydroxyl groups is 1. The van der Waals surface area contributed by atoms with Gasteiger partial charge in [0.25, 0.3) is 0 Å². The molecule has 0 atom stereocenters. The van der Waals surface area contributed by atoms with Gasteiger partial charge < -0.3 is 30.7 Å². The number of nitrogens with zero attached hydrogens (tertiary/aromatic N) is 1. The van der Waals surface area contributed by atoms with Gasteiger partial charge in [-0.15, -0.1) is 11.8 Å². The average molecular weight is 495 g/mol. The lowest BCUT2D eigenvalue weighted by molar-refractivity contribution is -0.134. The van der Waals surface area contributed by atoms with Crippen LogP contribution in [0.3, 0.4) is 0 Å². The van der Waals surface area contributed by atoms with Gasteiger partial charge in [0.15, 0.2) is 0 Å². The van der Waals surface area contributed by atoms with Crippen LogP contribution in [0.15, 0.2) is 0 Å². The lowest BCUT2D eigenvalue weighted by atomic mass is 10.2. The van der Waals surface area contributed by atoms with Crippen LogP contribution >= 0.6 is 23.5 Å². The summed E-state index contributed by atoms with van der Waals surface area (Å²) in [4.78, 5) is 49.6. The molecule has 12 heteroatoms. The van der Waals surface area contributed by atoms with E-state index < -0.39 is 0 Å². The largest absolute Gasteiger partial charge is 0.394 e. The fraction of sp³-hybridized carbons (Fsp3) is 0.800. The molecule has 0 aromatic carbocycles. The Labute approximate surface area is 199 Å². The van der Waals surface area contributed by atoms with E-state index in [1.165, 1.54) is 11.8 Å². The van der Waals surface area contributed by atoms with Crippen molar-refractivity contribution in [3.8, 4) is 0 Å². The van der Waals surface area contributed by atoms with Gasteiger partial charge in [-0.1, -0.05) is 13.8 Å². The van der Waals surface area contributed by atoms with E-state index in [9.17, 15) is 19.2 Å². The molecule has 0 radical (unpaired) electrons. The molecule has 186 valence electrons. The van der Waals surface area contributed by atoms with Gasteiger partial charge in [-0.2, -0.15) is 11.8 Å². The van der Waals surface area contributed by atoms with Gasteiger partial charge >= 0.3 is 0 Å². The summed E-state index contributed by atoms with van der Waals surface area (Å²) in [7, 11) is 0. The van der Waals surface area contributed by atoms with Gasteiger partial charge in [0.1, 0.15) is 0 Å². The zero-order valence-corrected chi connectivity index (χ0v) is 20.9. The second-order valence-electron chi connectivity index (χ2n) is 7.06. The Morgan fingerprint density at radius 2 is 1.47 bits per heavy atom. The van der Waals surface area contributed by atoms with Crippen molar-refractivity contribution in [3.05, 3.63) is 0 Å². The highest BCUT2D eigenvalue weighted by Gasteiger charge is 2.16. The third kappa shape index (κ3) is 18.1. The normalized spacial score (nSPS) is 10.7. The Kier molecular flexibility index (Phi) is 19.2. The number of aliphatic hydroxyl groups excluding tert-OH is 1. The maximum Gasteiger partial charge on any atom is 0.230 e. The number of nitrogens with one attached hydrogen (secondary N) is 3. The van der Waals surface area contributed by atoms with Crippen molar-refractivity contribution in [3.63, 3.8) is 0 Å². The van der Waals surface area contributed by atoms with E-state index in [0.717, 1.165) is 0 Å². The molecule has 0 spiro atoms. The van der Waals surface area contributed by atoms with Gasteiger partial charge in [0.05, 0.1) is 31.3 Å². The minimum Gasteiger partial charge on any atom is -0.394 e. The summed E-state index contributed by atoms with van der Waals surface area (Å²) in [5.41, 5.74) is 0. The fourth-order valence-corrected chi connectivity index (χ4v) is 3.34. The summed E-state index contributed by atoms with van der Waals surface area (Å²) in [5.74, 6) is 0.0248. The van der Waals surface area contributed by atoms with Crippen molar-refractivity contribution in [1.82, 2.24) is 20.9 Å². The minimum atomic E-state index is -0.266. The summed E-state index contributed by atoms with van der Waals surface area (Å²) in [6.45, 7) is 5.96. The van der Waals surface area contributed by atoms with Gasteiger partial charge in [-0.05, 0) is 11.5 Å². The number of ether oxygens (including phenoxy) is 1. The van der Waals surface area contributed by atoms with Crippen LogP contribution in [-0.2, 0) is 23.9 Å². The SMILES string of the molecule is CSCC(=O)NCCN(CCNC(=O)CSC(C)C)C(=O)CCC(=O)NCCOCCO. The van der Waals surface area contributed by atoms with E-state index in [2.05, 4.69) is 16.0 Å². The molecule has 0 aliphatic carbocycles. The summed E-state index contributed by atoms with van der Waals surface area (Å²) < 4.78 is 5.06. The molecule has 0 fully saturated rings. The van der Waals surface area contributed by atoms with Crippen molar-refractivity contribution in [2.24, 2.45) is 0 Å². The van der Waals surface area contributed by atoms with Gasteiger partial charge in [0, 0.05) is 45.6 Å². The molecule has 4 amide bonds. The molecule has 0 aliphatic rings. The summed E-state index contributed by atoms with van der Waals surface area (Å²) in [6, 6.07) is 0. The standard InChI is InChI=1S/C20H38N4O6S2/c1-16(2)32-15-19(28)22-7-10-24(9-6-21-18(27)14-31-3)20(29)5-4-17(26)23-8-12-30-13-11-25/h16,25H,4-15H2,1-3H3,(H,21,27)(H,22,28)(H,23,26). The molecule has 0 rings (SSSR count). The Morgan fingerprint density at radius 1 is 0.875 bits per heavy atom. The molecule has 0 unspecified atom stereocenters. The number of hydrogen-bond acceptors (Lipinski definition) is 8. The first-order valence-electron chi connectivity index (χ1n) is 10.7. The van der Waals surface area contributed by atoms with Crippen LogP contribution < -0.4 is 16.0 Å². The molecule has 0 aromatic rings. The number of thioether (sulfide) groups is 2. The predicted molar refractivity (Wildman–Crippen MR) is 129 cm³/mol. The fourth-order valence-electron chi connectivity index (χ4n) is 2.39. The molecular formula is C20H38N4O6S2. The summed E-state index contributed by atoms with van der Waals surface area (Å²) >= 11 is 2.95. The molecule has 4 N–H and O–H groups in total. The molecule has 0 heterocycles. The van der Waals surface area contributed by atoms with Gasteiger partial charge in [-0.25, -0.2) is 0 Å². The van der Waals surface area contributed by atoms with Crippen LogP contribution in [0.25, 0.3) is 0 Å².